The zero-order valence-corrected chi connectivity index (χ0v) is 12.9. The van der Waals surface area contributed by atoms with Crippen molar-refractivity contribution in [3.8, 4) is 0 Å². The molecule has 0 fully saturated rings. The topological polar surface area (TPSA) is 42.2 Å². The molecule has 0 atom stereocenters. The molecule has 0 amide bonds. The predicted octanol–water partition coefficient (Wildman–Crippen LogP) is 3.23. The Morgan fingerprint density at radius 1 is 1.19 bits per heavy atom. The molecule has 0 bridgehead atoms. The number of nitrogens with zero attached hydrogens (tertiary/aromatic N) is 2. The van der Waals surface area contributed by atoms with E-state index in [9.17, 15) is 0 Å². The van der Waals surface area contributed by atoms with Crippen LogP contribution in [0.4, 0.5) is 5.69 Å². The van der Waals surface area contributed by atoms with Crippen molar-refractivity contribution in [1.29, 1.82) is 0 Å². The lowest BCUT2D eigenvalue weighted by Crippen LogP contribution is -2.24. The number of aryl methyl sites for hydroxylation is 2. The lowest BCUT2D eigenvalue weighted by molar-refractivity contribution is 0.257. The molecule has 0 aliphatic carbocycles. The highest BCUT2D eigenvalue weighted by Gasteiger charge is 2.16. The normalized spacial score (nSPS) is 15.5. The summed E-state index contributed by atoms with van der Waals surface area (Å²) in [5, 5.41) is 0. The zero-order chi connectivity index (χ0) is 14.8. The van der Waals surface area contributed by atoms with Crippen molar-refractivity contribution in [2.75, 3.05) is 12.3 Å². The molecule has 110 valence electrons. The quantitative estimate of drug-likeness (QED) is 0.919. The molecule has 1 aromatic heterocycles. The smallest absolute Gasteiger partial charge is 0.0593 e. The van der Waals surface area contributed by atoms with Crippen LogP contribution in [0.1, 0.15) is 34.4 Å². The van der Waals surface area contributed by atoms with Crippen LogP contribution in [0, 0.1) is 13.8 Å². The second-order valence-corrected chi connectivity index (χ2v) is 6.01. The maximum atomic E-state index is 6.14. The first-order valence-corrected chi connectivity index (χ1v) is 7.65. The van der Waals surface area contributed by atoms with E-state index in [0.29, 0.717) is 0 Å². The molecule has 2 heterocycles. The average molecular weight is 281 g/mol. The van der Waals surface area contributed by atoms with Crippen molar-refractivity contribution >= 4 is 5.69 Å². The van der Waals surface area contributed by atoms with Gasteiger partial charge in [0.05, 0.1) is 5.69 Å². The number of nitrogen functional groups attached to an aromatic ring is 1. The molecule has 21 heavy (non-hydrogen) atoms. The molecule has 1 aliphatic heterocycles. The Bertz CT molecular complexity index is 649. The number of hydrogen-bond acceptors (Lipinski definition) is 3. The van der Waals surface area contributed by atoms with Crippen molar-refractivity contribution in [3.63, 3.8) is 0 Å². The minimum atomic E-state index is 0.880. The molecular weight excluding hydrogens is 258 g/mol. The van der Waals surface area contributed by atoms with E-state index in [-0.39, 0.29) is 0 Å². The van der Waals surface area contributed by atoms with Gasteiger partial charge in [-0.3, -0.25) is 9.88 Å². The van der Waals surface area contributed by atoms with Crippen LogP contribution in [0.2, 0.25) is 0 Å². The van der Waals surface area contributed by atoms with Gasteiger partial charge in [-0.1, -0.05) is 24.3 Å². The number of rotatable bonds is 2. The van der Waals surface area contributed by atoms with Crippen LogP contribution in [-0.4, -0.2) is 16.4 Å². The third-order valence-corrected chi connectivity index (χ3v) is 4.48. The van der Waals surface area contributed by atoms with E-state index in [1.54, 1.807) is 0 Å². The van der Waals surface area contributed by atoms with Crippen LogP contribution in [0.25, 0.3) is 0 Å². The van der Waals surface area contributed by atoms with Gasteiger partial charge in [0.25, 0.3) is 0 Å². The Morgan fingerprint density at radius 2 is 1.95 bits per heavy atom. The highest BCUT2D eigenvalue weighted by atomic mass is 15.1. The molecule has 0 spiro atoms. The molecule has 3 nitrogen and oxygen atoms in total. The Kier molecular flexibility index (Phi) is 3.93. The minimum Gasteiger partial charge on any atom is -0.398 e. The molecular formula is C18H23N3. The third-order valence-electron chi connectivity index (χ3n) is 4.48. The fraction of sp³-hybridized carbons (Fsp3) is 0.389. The van der Waals surface area contributed by atoms with E-state index in [1.807, 2.05) is 13.1 Å². The van der Waals surface area contributed by atoms with Gasteiger partial charge >= 0.3 is 0 Å². The summed E-state index contributed by atoms with van der Waals surface area (Å²) < 4.78 is 0. The van der Waals surface area contributed by atoms with E-state index in [0.717, 1.165) is 42.1 Å². The molecule has 2 N–H and O–H groups in total. The molecule has 0 radical (unpaired) electrons. The van der Waals surface area contributed by atoms with Crippen molar-refractivity contribution in [1.82, 2.24) is 9.88 Å². The van der Waals surface area contributed by atoms with Gasteiger partial charge in [-0.2, -0.15) is 0 Å². The predicted molar refractivity (Wildman–Crippen MR) is 87.0 cm³/mol. The zero-order valence-electron chi connectivity index (χ0n) is 12.9. The number of hydrogen-bond donors (Lipinski definition) is 1. The highest BCUT2D eigenvalue weighted by molar-refractivity contribution is 5.53. The van der Waals surface area contributed by atoms with Gasteiger partial charge in [-0.05, 0) is 55.5 Å². The summed E-state index contributed by atoms with van der Waals surface area (Å²) in [4.78, 5) is 7.08. The largest absolute Gasteiger partial charge is 0.398 e. The van der Waals surface area contributed by atoms with Gasteiger partial charge in [0.1, 0.15) is 0 Å². The molecule has 0 unspecified atom stereocenters. The minimum absolute atomic E-state index is 0.880. The van der Waals surface area contributed by atoms with Gasteiger partial charge in [-0.25, -0.2) is 0 Å². The summed E-state index contributed by atoms with van der Waals surface area (Å²) in [6, 6.07) is 8.78. The number of benzene rings is 1. The lowest BCUT2D eigenvalue weighted by Gasteiger charge is -2.21. The highest BCUT2D eigenvalue weighted by Crippen LogP contribution is 2.23. The average Bonchev–Trinajstić information content (AvgIpc) is 2.69. The van der Waals surface area contributed by atoms with E-state index in [2.05, 4.69) is 41.1 Å². The molecule has 0 saturated heterocycles. The van der Waals surface area contributed by atoms with E-state index in [4.69, 9.17) is 5.73 Å². The van der Waals surface area contributed by atoms with Crippen LogP contribution >= 0.6 is 0 Å². The van der Waals surface area contributed by atoms with Gasteiger partial charge in [0.2, 0.25) is 0 Å². The Labute approximate surface area is 126 Å². The van der Waals surface area contributed by atoms with Crippen molar-refractivity contribution < 1.29 is 0 Å². The van der Waals surface area contributed by atoms with E-state index >= 15 is 0 Å². The summed E-state index contributed by atoms with van der Waals surface area (Å²) in [6.45, 7) is 7.09. The second-order valence-electron chi connectivity index (χ2n) is 6.01. The third kappa shape index (κ3) is 2.93. The summed E-state index contributed by atoms with van der Waals surface area (Å²) in [5.74, 6) is 0. The molecule has 1 aromatic carbocycles. The van der Waals surface area contributed by atoms with Crippen LogP contribution < -0.4 is 5.73 Å². The SMILES string of the molecule is Cc1cnc(CN2CCCc3ccccc3C2)c(C)c1N. The summed E-state index contributed by atoms with van der Waals surface area (Å²) in [5.41, 5.74) is 13.3. The van der Waals surface area contributed by atoms with Gasteiger partial charge in [0, 0.05) is 25.0 Å². The maximum Gasteiger partial charge on any atom is 0.0593 e. The molecule has 1 aliphatic rings. The van der Waals surface area contributed by atoms with Gasteiger partial charge in [0.15, 0.2) is 0 Å². The number of pyridine rings is 1. The Balaban J connectivity index is 1.81. The first-order valence-electron chi connectivity index (χ1n) is 7.65. The van der Waals surface area contributed by atoms with E-state index < -0.39 is 0 Å². The van der Waals surface area contributed by atoms with Crippen molar-refractivity contribution in [2.24, 2.45) is 0 Å². The molecule has 3 heteroatoms. The fourth-order valence-electron chi connectivity index (χ4n) is 3.07. The van der Waals surface area contributed by atoms with Crippen molar-refractivity contribution in [2.45, 2.75) is 39.8 Å². The Morgan fingerprint density at radius 3 is 2.76 bits per heavy atom. The number of anilines is 1. The molecule has 2 aromatic rings. The monoisotopic (exact) mass is 281 g/mol. The number of nitrogens with two attached hydrogens (primary N) is 1. The lowest BCUT2D eigenvalue weighted by atomic mass is 10.0. The summed E-state index contributed by atoms with van der Waals surface area (Å²) in [6.07, 6.45) is 4.27. The van der Waals surface area contributed by atoms with Crippen LogP contribution in [0.3, 0.4) is 0 Å². The number of aromatic nitrogens is 1. The van der Waals surface area contributed by atoms with E-state index in [1.165, 1.54) is 24.0 Å². The first kappa shape index (κ1) is 14.1. The number of fused-ring (bicyclic) bond motifs is 1. The second kappa shape index (κ2) is 5.86. The Hall–Kier alpha value is -1.87. The van der Waals surface area contributed by atoms with Gasteiger partial charge in [-0.15, -0.1) is 0 Å². The summed E-state index contributed by atoms with van der Waals surface area (Å²) in [7, 11) is 0. The standard InChI is InChI=1S/C18H23N3/c1-13-10-20-17(14(2)18(13)19)12-21-9-5-8-15-6-3-4-7-16(15)11-21/h3-4,6-7,10H,5,8-9,11-12H2,1-2H3,(H2,19,20). The first-order chi connectivity index (χ1) is 10.1. The van der Waals surface area contributed by atoms with Gasteiger partial charge < -0.3 is 5.73 Å². The fourth-order valence-corrected chi connectivity index (χ4v) is 3.07. The van der Waals surface area contributed by atoms with Crippen LogP contribution in [-0.2, 0) is 19.5 Å². The molecule has 3 rings (SSSR count). The van der Waals surface area contributed by atoms with Crippen LogP contribution in [0.15, 0.2) is 30.5 Å². The van der Waals surface area contributed by atoms with Crippen molar-refractivity contribution in [3.05, 3.63) is 58.4 Å². The molecule has 0 saturated carbocycles. The summed E-state index contributed by atoms with van der Waals surface area (Å²) >= 11 is 0. The van der Waals surface area contributed by atoms with Crippen LogP contribution in [0.5, 0.6) is 0 Å². The maximum absolute atomic E-state index is 6.14.